The van der Waals surface area contributed by atoms with Crippen molar-refractivity contribution < 1.29 is 22.8 Å². The summed E-state index contributed by atoms with van der Waals surface area (Å²) in [7, 11) is 0. The molecule has 38 heavy (non-hydrogen) atoms. The van der Waals surface area contributed by atoms with Gasteiger partial charge in [-0.25, -0.2) is 9.97 Å². The number of hydrogen-bond acceptors (Lipinski definition) is 7. The average Bonchev–Trinajstić information content (AvgIpc) is 3.34. The highest BCUT2D eigenvalue weighted by molar-refractivity contribution is 5.66. The first kappa shape index (κ1) is 24.1. The molecule has 2 bridgehead atoms. The summed E-state index contributed by atoms with van der Waals surface area (Å²) < 4.78 is 44.4. The van der Waals surface area contributed by atoms with Crippen LogP contribution in [0, 0.1) is 5.41 Å². The number of nitrogens with one attached hydrogen (secondary N) is 1. The van der Waals surface area contributed by atoms with Crippen molar-refractivity contribution >= 4 is 5.69 Å². The minimum Gasteiger partial charge on any atom is -0.384 e. The largest absolute Gasteiger partial charge is 0.417 e. The summed E-state index contributed by atoms with van der Waals surface area (Å²) in [6.07, 6.45) is 5.59. The van der Waals surface area contributed by atoms with Crippen molar-refractivity contribution in [3.63, 3.8) is 0 Å². The lowest BCUT2D eigenvalue weighted by atomic mass is 9.70. The summed E-state index contributed by atoms with van der Waals surface area (Å²) in [4.78, 5) is 13.7. The minimum atomic E-state index is -4.64. The second kappa shape index (κ2) is 8.24. The van der Waals surface area contributed by atoms with Gasteiger partial charge in [0.1, 0.15) is 5.82 Å². The monoisotopic (exact) mass is 525 g/mol. The molecule has 2 N–H and O–H groups in total. The molecule has 0 aliphatic heterocycles. The van der Waals surface area contributed by atoms with E-state index in [1.807, 2.05) is 18.5 Å². The van der Waals surface area contributed by atoms with Gasteiger partial charge in [-0.05, 0) is 80.9 Å². The number of aliphatic hydroxyl groups is 1. The topological polar surface area (TPSA) is 97.0 Å². The number of rotatable bonds is 7. The van der Waals surface area contributed by atoms with Gasteiger partial charge in [-0.2, -0.15) is 18.2 Å². The van der Waals surface area contributed by atoms with Crippen LogP contribution in [0.5, 0.6) is 0 Å². The molecule has 0 spiro atoms. The Morgan fingerprint density at radius 2 is 1.74 bits per heavy atom. The first-order chi connectivity index (χ1) is 18.2. The van der Waals surface area contributed by atoms with Crippen LogP contribution < -0.4 is 5.32 Å². The van der Waals surface area contributed by atoms with Crippen LogP contribution in [-0.4, -0.2) is 43.5 Å². The molecule has 1 aromatic carbocycles. The predicted molar refractivity (Wildman–Crippen MR) is 132 cm³/mol. The second-order valence-electron chi connectivity index (χ2n) is 12.1. The average molecular weight is 526 g/mol. The predicted octanol–water partition coefficient (Wildman–Crippen LogP) is 5.89. The molecular formula is C28H30F3N5O2. The van der Waals surface area contributed by atoms with Crippen molar-refractivity contribution in [1.82, 2.24) is 20.1 Å². The molecule has 0 atom stereocenters. The Balaban J connectivity index is 0.997. The SMILES string of the molecule is OC1(C(F)(F)F)CC(c2nc(C34CCC(CNc5cccc(-c6cnc(C7CC7)nc6)c5)(CC3)C4)no2)C1. The Kier molecular flexibility index (Phi) is 5.22. The fourth-order valence-electron chi connectivity index (χ4n) is 6.79. The van der Waals surface area contributed by atoms with E-state index in [0.29, 0.717) is 11.7 Å². The Hall–Kier alpha value is -3.01. The number of benzene rings is 1. The van der Waals surface area contributed by atoms with Gasteiger partial charge in [0.05, 0.1) is 0 Å². The quantitative estimate of drug-likeness (QED) is 0.397. The Morgan fingerprint density at radius 1 is 1.00 bits per heavy atom. The van der Waals surface area contributed by atoms with Crippen molar-refractivity contribution in [1.29, 1.82) is 0 Å². The Bertz CT molecular complexity index is 1340. The molecule has 4 saturated carbocycles. The van der Waals surface area contributed by atoms with Crippen LogP contribution in [0.3, 0.4) is 0 Å². The van der Waals surface area contributed by atoms with Crippen molar-refractivity contribution in [3.05, 3.63) is 54.2 Å². The zero-order valence-corrected chi connectivity index (χ0v) is 21.0. The van der Waals surface area contributed by atoms with Crippen LogP contribution in [0.15, 0.2) is 41.2 Å². The summed E-state index contributed by atoms with van der Waals surface area (Å²) in [5, 5.41) is 17.6. The number of hydrogen-bond donors (Lipinski definition) is 2. The van der Waals surface area contributed by atoms with Crippen molar-refractivity contribution in [2.45, 2.75) is 86.8 Å². The van der Waals surface area contributed by atoms with E-state index in [2.05, 4.69) is 43.6 Å². The number of halogens is 3. The molecular weight excluding hydrogens is 495 g/mol. The van der Waals surface area contributed by atoms with Gasteiger partial charge in [-0.3, -0.25) is 0 Å². The first-order valence-electron chi connectivity index (χ1n) is 13.5. The fourth-order valence-corrected chi connectivity index (χ4v) is 6.79. The lowest BCUT2D eigenvalue weighted by Crippen LogP contribution is -2.54. The molecule has 4 aliphatic rings. The van der Waals surface area contributed by atoms with Crippen molar-refractivity contribution in [2.75, 3.05) is 11.9 Å². The Labute approximate surface area is 218 Å². The number of alkyl halides is 3. The smallest absolute Gasteiger partial charge is 0.384 e. The maximum atomic E-state index is 13.0. The van der Waals surface area contributed by atoms with E-state index >= 15 is 0 Å². The van der Waals surface area contributed by atoms with Crippen LogP contribution in [-0.2, 0) is 5.41 Å². The molecule has 3 aromatic rings. The molecule has 7 nitrogen and oxygen atoms in total. The van der Waals surface area contributed by atoms with Crippen LogP contribution in [0.25, 0.3) is 11.1 Å². The number of fused-ring (bicyclic) bond motifs is 2. The molecule has 7 rings (SSSR count). The highest BCUT2D eigenvalue weighted by atomic mass is 19.4. The maximum absolute atomic E-state index is 13.0. The summed E-state index contributed by atoms with van der Waals surface area (Å²) in [5.74, 6) is 1.77. The summed E-state index contributed by atoms with van der Waals surface area (Å²) in [6.45, 7) is 0.835. The third-order valence-electron chi connectivity index (χ3n) is 9.42. The molecule has 4 fully saturated rings. The first-order valence-corrected chi connectivity index (χ1v) is 13.5. The van der Waals surface area contributed by atoms with Gasteiger partial charge in [0.2, 0.25) is 5.89 Å². The lowest BCUT2D eigenvalue weighted by molar-refractivity contribution is -0.292. The van der Waals surface area contributed by atoms with Crippen LogP contribution in [0.1, 0.15) is 87.2 Å². The molecule has 200 valence electrons. The van der Waals surface area contributed by atoms with Gasteiger partial charge < -0.3 is 14.9 Å². The lowest BCUT2D eigenvalue weighted by Gasteiger charge is -2.42. The Morgan fingerprint density at radius 3 is 2.42 bits per heavy atom. The van der Waals surface area contributed by atoms with E-state index in [0.717, 1.165) is 61.3 Å². The highest BCUT2D eigenvalue weighted by Gasteiger charge is 2.63. The standard InChI is InChI=1S/C28H30F3N5O2/c29-28(30,31)27(37)11-19(12-27)23-35-24(36-38-23)26-8-6-25(15-26,7-9-26)16-34-21-3-1-2-18(10-21)20-13-32-22(33-14-20)17-4-5-17/h1-3,10,13-14,17,19,34,37H,4-9,11-12,15-16H2. The molecule has 0 amide bonds. The van der Waals surface area contributed by atoms with E-state index in [4.69, 9.17) is 4.52 Å². The van der Waals surface area contributed by atoms with Gasteiger partial charge in [0.25, 0.3) is 0 Å². The zero-order chi connectivity index (χ0) is 26.2. The summed E-state index contributed by atoms with van der Waals surface area (Å²) in [6, 6.07) is 8.32. The third-order valence-corrected chi connectivity index (χ3v) is 9.42. The maximum Gasteiger partial charge on any atom is 0.417 e. The molecule has 0 radical (unpaired) electrons. The number of nitrogens with zero attached hydrogens (tertiary/aromatic N) is 4. The van der Waals surface area contributed by atoms with Crippen molar-refractivity contribution in [2.24, 2.45) is 5.41 Å². The van der Waals surface area contributed by atoms with Gasteiger partial charge in [0.15, 0.2) is 11.4 Å². The van der Waals surface area contributed by atoms with Crippen LogP contribution in [0.4, 0.5) is 18.9 Å². The molecule has 10 heteroatoms. The molecule has 2 heterocycles. The normalized spacial score (nSPS) is 32.4. The summed E-state index contributed by atoms with van der Waals surface area (Å²) in [5.41, 5.74) is 0.432. The second-order valence-corrected chi connectivity index (χ2v) is 12.1. The highest BCUT2D eigenvalue weighted by Crippen LogP contribution is 2.62. The third kappa shape index (κ3) is 3.99. The van der Waals surface area contributed by atoms with E-state index < -0.39 is 30.5 Å². The van der Waals surface area contributed by atoms with E-state index in [1.165, 1.54) is 12.8 Å². The van der Waals surface area contributed by atoms with Gasteiger partial charge in [0, 0.05) is 47.4 Å². The van der Waals surface area contributed by atoms with Crippen LogP contribution >= 0.6 is 0 Å². The summed E-state index contributed by atoms with van der Waals surface area (Å²) >= 11 is 0. The van der Waals surface area contributed by atoms with Gasteiger partial charge in [-0.1, -0.05) is 17.3 Å². The molecule has 0 saturated heterocycles. The van der Waals surface area contributed by atoms with Gasteiger partial charge in [-0.15, -0.1) is 0 Å². The van der Waals surface area contributed by atoms with E-state index in [9.17, 15) is 18.3 Å². The molecule has 0 unspecified atom stereocenters. The van der Waals surface area contributed by atoms with Crippen molar-refractivity contribution in [3.8, 4) is 11.1 Å². The van der Waals surface area contributed by atoms with Crippen LogP contribution in [0.2, 0.25) is 0 Å². The van der Waals surface area contributed by atoms with E-state index in [-0.39, 0.29) is 16.7 Å². The minimum absolute atomic E-state index is 0.124. The van der Waals surface area contributed by atoms with Gasteiger partial charge >= 0.3 is 6.18 Å². The molecule has 2 aromatic heterocycles. The van der Waals surface area contributed by atoms with E-state index in [1.54, 1.807) is 0 Å². The number of aromatic nitrogens is 4. The molecule has 4 aliphatic carbocycles. The fraction of sp³-hybridized carbons (Fsp3) is 0.571. The number of anilines is 1. The zero-order valence-electron chi connectivity index (χ0n) is 21.0.